The van der Waals surface area contributed by atoms with Gasteiger partial charge in [0.25, 0.3) is 0 Å². The summed E-state index contributed by atoms with van der Waals surface area (Å²) in [5.74, 6) is 0.657. The standard InChI is InChI=1S/C35H21N3OS2/c39-41(22-12-2-1-3-13-22)36-28-19-9-6-16-25(28)35(37-41)38-29-20-10-7-17-26(29)31-23-14-4-5-15-24(23)32-27-18-8-11-21-30(27)40-34(32)33(31)38/h1-21H. The summed E-state index contributed by atoms with van der Waals surface area (Å²) in [6, 6.07) is 43.1. The molecule has 0 saturated carbocycles. The molecule has 4 nitrogen and oxygen atoms in total. The monoisotopic (exact) mass is 563 g/mol. The molecule has 6 aromatic carbocycles. The fourth-order valence-corrected chi connectivity index (χ4v) is 9.14. The first-order valence-electron chi connectivity index (χ1n) is 13.5. The topological polar surface area (TPSA) is 46.7 Å². The van der Waals surface area contributed by atoms with Crippen molar-refractivity contribution in [1.82, 2.24) is 4.57 Å². The average Bonchev–Trinajstić information content (AvgIpc) is 3.58. The van der Waals surface area contributed by atoms with Crippen LogP contribution in [0.15, 0.2) is 141 Å². The number of para-hydroxylation sites is 1. The quantitative estimate of drug-likeness (QED) is 0.210. The van der Waals surface area contributed by atoms with E-state index in [1.165, 1.54) is 36.3 Å². The van der Waals surface area contributed by atoms with Gasteiger partial charge in [-0.15, -0.1) is 11.3 Å². The number of benzene rings is 6. The van der Waals surface area contributed by atoms with E-state index >= 15 is 0 Å². The van der Waals surface area contributed by atoms with Gasteiger partial charge in [0.15, 0.2) is 15.7 Å². The van der Waals surface area contributed by atoms with Gasteiger partial charge in [0.2, 0.25) is 0 Å². The van der Waals surface area contributed by atoms with Gasteiger partial charge in [-0.2, -0.15) is 8.76 Å². The second-order valence-electron chi connectivity index (χ2n) is 10.3. The molecule has 1 aliphatic rings. The molecule has 0 spiro atoms. The lowest BCUT2D eigenvalue weighted by atomic mass is 9.99. The van der Waals surface area contributed by atoms with Gasteiger partial charge in [-0.1, -0.05) is 91.0 Å². The molecule has 0 fully saturated rings. The maximum atomic E-state index is 14.6. The summed E-state index contributed by atoms with van der Waals surface area (Å²) >= 11 is 1.81. The molecule has 1 aliphatic heterocycles. The van der Waals surface area contributed by atoms with Crippen molar-refractivity contribution in [2.24, 2.45) is 8.76 Å². The van der Waals surface area contributed by atoms with Crippen LogP contribution >= 0.6 is 11.3 Å². The van der Waals surface area contributed by atoms with Crippen molar-refractivity contribution in [2.75, 3.05) is 0 Å². The van der Waals surface area contributed by atoms with E-state index in [4.69, 9.17) is 8.76 Å². The number of fused-ring (bicyclic) bond motifs is 11. The normalized spacial score (nSPS) is 16.8. The van der Waals surface area contributed by atoms with E-state index in [0.717, 1.165) is 21.6 Å². The van der Waals surface area contributed by atoms with Gasteiger partial charge in [0, 0.05) is 31.5 Å². The maximum Gasteiger partial charge on any atom is 0.186 e. The third kappa shape index (κ3) is 3.14. The first-order chi connectivity index (χ1) is 20.2. The SMILES string of the molecule is O=S1(c2ccccc2)=NC(n2c3ccccc3c3c4ccccc4c4c5ccccc5sc4c32)=c2ccccc2=N1. The van der Waals surface area contributed by atoms with E-state index < -0.39 is 9.92 Å². The predicted octanol–water partition coefficient (Wildman–Crippen LogP) is 8.00. The molecule has 0 amide bonds. The number of thiophene rings is 1. The summed E-state index contributed by atoms with van der Waals surface area (Å²) < 4.78 is 29.1. The number of aromatic nitrogens is 1. The Labute approximate surface area is 239 Å². The van der Waals surface area contributed by atoms with Crippen LogP contribution in [-0.2, 0) is 9.92 Å². The highest BCUT2D eigenvalue weighted by atomic mass is 32.2. The van der Waals surface area contributed by atoms with Crippen LogP contribution in [-0.4, -0.2) is 8.78 Å². The summed E-state index contributed by atoms with van der Waals surface area (Å²) in [4.78, 5) is 0.602. The lowest BCUT2D eigenvalue weighted by Gasteiger charge is -2.15. The van der Waals surface area contributed by atoms with Gasteiger partial charge in [-0.05, 0) is 47.2 Å². The van der Waals surface area contributed by atoms with Gasteiger partial charge < -0.3 is 0 Å². The lowest BCUT2D eigenvalue weighted by Crippen LogP contribution is -2.32. The summed E-state index contributed by atoms with van der Waals surface area (Å²) in [7, 11) is -3.12. The Morgan fingerprint density at radius 1 is 0.610 bits per heavy atom. The summed E-state index contributed by atoms with van der Waals surface area (Å²) in [5.41, 5.74) is 2.12. The third-order valence-corrected chi connectivity index (χ3v) is 10.9. The number of hydrogen-bond acceptors (Lipinski definition) is 3. The minimum atomic E-state index is -3.12. The molecule has 9 rings (SSSR count). The van der Waals surface area contributed by atoms with Crippen molar-refractivity contribution in [1.29, 1.82) is 0 Å². The molecule has 8 aromatic rings. The van der Waals surface area contributed by atoms with Gasteiger partial charge in [-0.3, -0.25) is 4.57 Å². The zero-order valence-electron chi connectivity index (χ0n) is 21.7. The Morgan fingerprint density at radius 3 is 2.07 bits per heavy atom. The molecule has 1 unspecified atom stereocenters. The fourth-order valence-electron chi connectivity index (χ4n) is 6.27. The second kappa shape index (κ2) is 8.36. The van der Waals surface area contributed by atoms with E-state index in [1.807, 2.05) is 54.6 Å². The summed E-state index contributed by atoms with van der Waals surface area (Å²) in [6.45, 7) is 0. The van der Waals surface area contributed by atoms with Crippen LogP contribution in [0.2, 0.25) is 0 Å². The van der Waals surface area contributed by atoms with Crippen molar-refractivity contribution in [3.8, 4) is 0 Å². The molecular weight excluding hydrogens is 543 g/mol. The predicted molar refractivity (Wildman–Crippen MR) is 171 cm³/mol. The average molecular weight is 564 g/mol. The first-order valence-corrected chi connectivity index (χ1v) is 15.8. The number of hydrogen-bond donors (Lipinski definition) is 0. The first kappa shape index (κ1) is 23.0. The van der Waals surface area contributed by atoms with Crippen LogP contribution in [0, 0.1) is 0 Å². The lowest BCUT2D eigenvalue weighted by molar-refractivity contribution is 0.676. The highest BCUT2D eigenvalue weighted by molar-refractivity contribution is 7.92. The Balaban J connectivity index is 1.59. The molecule has 6 heteroatoms. The highest BCUT2D eigenvalue weighted by Crippen LogP contribution is 2.47. The van der Waals surface area contributed by atoms with E-state index in [-0.39, 0.29) is 0 Å². The van der Waals surface area contributed by atoms with E-state index in [9.17, 15) is 4.21 Å². The highest BCUT2D eigenvalue weighted by Gasteiger charge is 2.25. The Hall–Kier alpha value is -4.78. The van der Waals surface area contributed by atoms with Crippen LogP contribution in [0.1, 0.15) is 0 Å². The number of nitrogens with zero attached hydrogens (tertiary/aromatic N) is 3. The summed E-state index contributed by atoms with van der Waals surface area (Å²) in [5, 5.41) is 8.82. The van der Waals surface area contributed by atoms with Gasteiger partial charge >= 0.3 is 0 Å². The molecule has 194 valence electrons. The summed E-state index contributed by atoms with van der Waals surface area (Å²) in [6.07, 6.45) is 0. The van der Waals surface area contributed by atoms with E-state index in [2.05, 4.69) is 77.4 Å². The van der Waals surface area contributed by atoms with Gasteiger partial charge in [-0.25, -0.2) is 4.21 Å². The van der Waals surface area contributed by atoms with Crippen LogP contribution in [0.4, 0.5) is 0 Å². The molecule has 41 heavy (non-hydrogen) atoms. The molecule has 0 radical (unpaired) electrons. The zero-order chi connectivity index (χ0) is 27.1. The van der Waals surface area contributed by atoms with Crippen LogP contribution in [0.3, 0.4) is 0 Å². The third-order valence-electron chi connectivity index (χ3n) is 7.99. The van der Waals surface area contributed by atoms with E-state index in [1.54, 1.807) is 11.3 Å². The van der Waals surface area contributed by atoms with Crippen molar-refractivity contribution in [3.05, 3.63) is 138 Å². The Bertz CT molecular complexity index is 2640. The molecular formula is C35H21N3OS2. The van der Waals surface area contributed by atoms with Crippen molar-refractivity contribution >= 4 is 79.8 Å². The van der Waals surface area contributed by atoms with Crippen molar-refractivity contribution in [3.63, 3.8) is 0 Å². The maximum absolute atomic E-state index is 14.6. The molecule has 3 heterocycles. The molecule has 0 saturated heterocycles. The van der Waals surface area contributed by atoms with Crippen LogP contribution in [0.25, 0.3) is 58.6 Å². The van der Waals surface area contributed by atoms with Crippen LogP contribution in [0.5, 0.6) is 0 Å². The minimum Gasteiger partial charge on any atom is -0.291 e. The van der Waals surface area contributed by atoms with Gasteiger partial charge in [0.1, 0.15) is 0 Å². The van der Waals surface area contributed by atoms with Crippen molar-refractivity contribution < 1.29 is 4.21 Å². The van der Waals surface area contributed by atoms with Gasteiger partial charge in [0.05, 0.1) is 26.0 Å². The Morgan fingerprint density at radius 2 is 1.24 bits per heavy atom. The fraction of sp³-hybridized carbons (Fsp3) is 0. The van der Waals surface area contributed by atoms with Crippen LogP contribution < -0.4 is 10.6 Å². The van der Waals surface area contributed by atoms with E-state index in [0.29, 0.717) is 16.1 Å². The zero-order valence-corrected chi connectivity index (χ0v) is 23.3. The Kier molecular flexibility index (Phi) is 4.69. The molecule has 1 atom stereocenters. The largest absolute Gasteiger partial charge is 0.291 e. The molecule has 0 N–H and O–H groups in total. The van der Waals surface area contributed by atoms with Crippen molar-refractivity contribution in [2.45, 2.75) is 4.90 Å². The second-order valence-corrected chi connectivity index (χ2v) is 13.1. The number of rotatable bonds is 2. The minimum absolute atomic E-state index is 0.602. The molecule has 0 aliphatic carbocycles. The molecule has 2 aromatic heterocycles. The molecule has 0 bridgehead atoms. The smallest absolute Gasteiger partial charge is 0.186 e.